The summed E-state index contributed by atoms with van der Waals surface area (Å²) in [7, 11) is 0. The predicted octanol–water partition coefficient (Wildman–Crippen LogP) is 3.32. The molecule has 22 heavy (non-hydrogen) atoms. The molecular weight excluding hydrogens is 302 g/mol. The smallest absolute Gasteiger partial charge is 0.271 e. The summed E-state index contributed by atoms with van der Waals surface area (Å²) in [5, 5.41) is 3.41. The largest absolute Gasteiger partial charge is 0.459 e. The van der Waals surface area contributed by atoms with Gasteiger partial charge in [-0.15, -0.1) is 0 Å². The molecule has 6 heteroatoms. The molecule has 110 valence electrons. The molecule has 5 nitrogen and oxygen atoms in total. The van der Waals surface area contributed by atoms with E-state index in [0.717, 1.165) is 11.3 Å². The lowest BCUT2D eigenvalue weighted by Crippen LogP contribution is -2.23. The van der Waals surface area contributed by atoms with E-state index in [2.05, 4.69) is 15.3 Å². The molecule has 1 N–H and O–H groups in total. The Morgan fingerprint density at radius 1 is 1.14 bits per heavy atom. The summed E-state index contributed by atoms with van der Waals surface area (Å²) < 4.78 is 5.70. The minimum absolute atomic E-state index is 0.270. The molecule has 0 aliphatic carbocycles. The molecule has 0 aliphatic rings. The van der Waals surface area contributed by atoms with E-state index >= 15 is 0 Å². The normalized spacial score (nSPS) is 10.4. The Kier molecular flexibility index (Phi) is 4.16. The molecule has 0 radical (unpaired) electrons. The third-order valence-electron chi connectivity index (χ3n) is 3.01. The summed E-state index contributed by atoms with van der Waals surface area (Å²) in [5.74, 6) is 1.08. The van der Waals surface area contributed by atoms with E-state index in [1.54, 1.807) is 12.1 Å². The van der Waals surface area contributed by atoms with Gasteiger partial charge in [0, 0.05) is 23.0 Å². The van der Waals surface area contributed by atoms with Crippen LogP contribution in [0.2, 0.25) is 5.02 Å². The van der Waals surface area contributed by atoms with Crippen LogP contribution in [-0.4, -0.2) is 15.9 Å². The van der Waals surface area contributed by atoms with Gasteiger partial charge in [0.1, 0.15) is 17.2 Å². The van der Waals surface area contributed by atoms with E-state index in [0.29, 0.717) is 10.8 Å². The van der Waals surface area contributed by atoms with Crippen LogP contribution >= 0.6 is 11.6 Å². The van der Waals surface area contributed by atoms with Crippen molar-refractivity contribution in [2.45, 2.75) is 6.54 Å². The summed E-state index contributed by atoms with van der Waals surface area (Å²) in [4.78, 5) is 19.7. The monoisotopic (exact) mass is 313 g/mol. The third kappa shape index (κ3) is 3.32. The van der Waals surface area contributed by atoms with Crippen molar-refractivity contribution in [1.82, 2.24) is 15.3 Å². The van der Waals surface area contributed by atoms with Crippen LogP contribution in [0.5, 0.6) is 0 Å². The molecule has 0 spiro atoms. The Bertz CT molecular complexity index is 770. The average Bonchev–Trinajstić information content (AvgIpc) is 3.03. The number of carbonyl (C=O) groups is 1. The molecule has 0 unspecified atom stereocenters. The van der Waals surface area contributed by atoms with Gasteiger partial charge < -0.3 is 9.73 Å². The lowest BCUT2D eigenvalue weighted by molar-refractivity contribution is 0.0942. The molecule has 0 bridgehead atoms. The Labute approximate surface area is 132 Å². The molecule has 3 aromatic rings. The number of aromatic nitrogens is 2. The fourth-order valence-corrected chi connectivity index (χ4v) is 2.04. The number of rotatable bonds is 4. The Hall–Kier alpha value is -2.66. The molecule has 0 atom stereocenters. The standard InChI is InChI=1S/C16H12ClN3O2/c17-12-3-1-11(2-4-12)15-6-5-13(22-15)9-20-16(21)14-10-18-7-8-19-14/h1-8,10H,9H2,(H,20,21). The second kappa shape index (κ2) is 6.41. The first-order valence-electron chi connectivity index (χ1n) is 6.61. The van der Waals surface area contributed by atoms with Gasteiger partial charge in [-0.05, 0) is 36.4 Å². The van der Waals surface area contributed by atoms with Gasteiger partial charge in [-0.1, -0.05) is 11.6 Å². The number of nitrogens with zero attached hydrogens (tertiary/aromatic N) is 2. The highest BCUT2D eigenvalue weighted by atomic mass is 35.5. The summed E-state index contributed by atoms with van der Waals surface area (Å²) in [6.07, 6.45) is 4.40. The number of nitrogens with one attached hydrogen (secondary N) is 1. The maximum atomic E-state index is 11.9. The van der Waals surface area contributed by atoms with Crippen LogP contribution in [0.3, 0.4) is 0 Å². The first-order chi connectivity index (χ1) is 10.7. The zero-order valence-corrected chi connectivity index (χ0v) is 12.2. The minimum atomic E-state index is -0.294. The number of furan rings is 1. The molecule has 3 rings (SSSR count). The zero-order chi connectivity index (χ0) is 15.4. The maximum Gasteiger partial charge on any atom is 0.271 e. The topological polar surface area (TPSA) is 68.0 Å². The highest BCUT2D eigenvalue weighted by molar-refractivity contribution is 6.30. The molecule has 2 heterocycles. The van der Waals surface area contributed by atoms with Gasteiger partial charge in [-0.2, -0.15) is 0 Å². The van der Waals surface area contributed by atoms with E-state index < -0.39 is 0 Å². The van der Waals surface area contributed by atoms with Crippen molar-refractivity contribution < 1.29 is 9.21 Å². The van der Waals surface area contributed by atoms with Crippen LogP contribution in [0.15, 0.2) is 59.4 Å². The summed E-state index contributed by atoms with van der Waals surface area (Å²) in [6, 6.07) is 11.0. The van der Waals surface area contributed by atoms with Gasteiger partial charge in [-0.3, -0.25) is 9.78 Å². The number of carbonyl (C=O) groups excluding carboxylic acids is 1. The molecule has 1 amide bonds. The summed E-state index contributed by atoms with van der Waals surface area (Å²) in [5.41, 5.74) is 1.20. The van der Waals surface area contributed by atoms with Crippen molar-refractivity contribution in [3.05, 3.63) is 71.5 Å². The number of halogens is 1. The lowest BCUT2D eigenvalue weighted by Gasteiger charge is -2.02. The number of hydrogen-bond donors (Lipinski definition) is 1. The van der Waals surface area contributed by atoms with Crippen LogP contribution < -0.4 is 5.32 Å². The second-order valence-corrected chi connectivity index (χ2v) is 4.98. The molecule has 0 fully saturated rings. The van der Waals surface area contributed by atoms with Crippen LogP contribution in [0.25, 0.3) is 11.3 Å². The fourth-order valence-electron chi connectivity index (χ4n) is 1.92. The first-order valence-corrected chi connectivity index (χ1v) is 6.99. The van der Waals surface area contributed by atoms with E-state index in [4.69, 9.17) is 16.0 Å². The molecule has 1 aromatic carbocycles. The molecule has 0 saturated heterocycles. The van der Waals surface area contributed by atoms with Gasteiger partial charge in [0.05, 0.1) is 12.7 Å². The van der Waals surface area contributed by atoms with Crippen LogP contribution in [0.1, 0.15) is 16.2 Å². The summed E-state index contributed by atoms with van der Waals surface area (Å²) in [6.45, 7) is 0.281. The van der Waals surface area contributed by atoms with Crippen LogP contribution in [0.4, 0.5) is 0 Å². The fraction of sp³-hybridized carbons (Fsp3) is 0.0625. The number of amides is 1. The molecule has 2 aromatic heterocycles. The number of benzene rings is 1. The third-order valence-corrected chi connectivity index (χ3v) is 3.26. The SMILES string of the molecule is O=C(NCc1ccc(-c2ccc(Cl)cc2)o1)c1cnccn1. The predicted molar refractivity (Wildman–Crippen MR) is 82.4 cm³/mol. The second-order valence-electron chi connectivity index (χ2n) is 4.55. The Morgan fingerprint density at radius 2 is 1.95 bits per heavy atom. The van der Waals surface area contributed by atoms with E-state index in [-0.39, 0.29) is 18.1 Å². The Morgan fingerprint density at radius 3 is 2.68 bits per heavy atom. The van der Waals surface area contributed by atoms with Crippen LogP contribution in [-0.2, 0) is 6.54 Å². The van der Waals surface area contributed by atoms with E-state index in [9.17, 15) is 4.79 Å². The van der Waals surface area contributed by atoms with Crippen molar-refractivity contribution in [1.29, 1.82) is 0 Å². The minimum Gasteiger partial charge on any atom is -0.459 e. The molecular formula is C16H12ClN3O2. The van der Waals surface area contributed by atoms with Crippen molar-refractivity contribution >= 4 is 17.5 Å². The quantitative estimate of drug-likeness (QED) is 0.802. The average molecular weight is 314 g/mol. The van der Waals surface area contributed by atoms with Crippen molar-refractivity contribution in [3.8, 4) is 11.3 Å². The molecule has 0 aliphatic heterocycles. The van der Waals surface area contributed by atoms with Gasteiger partial charge in [-0.25, -0.2) is 4.98 Å². The van der Waals surface area contributed by atoms with Crippen molar-refractivity contribution in [3.63, 3.8) is 0 Å². The number of hydrogen-bond acceptors (Lipinski definition) is 4. The van der Waals surface area contributed by atoms with Crippen molar-refractivity contribution in [2.75, 3.05) is 0 Å². The lowest BCUT2D eigenvalue weighted by atomic mass is 10.2. The van der Waals surface area contributed by atoms with Crippen LogP contribution in [0, 0.1) is 0 Å². The van der Waals surface area contributed by atoms with E-state index in [1.807, 2.05) is 24.3 Å². The van der Waals surface area contributed by atoms with Gasteiger partial charge >= 0.3 is 0 Å². The maximum absolute atomic E-state index is 11.9. The van der Waals surface area contributed by atoms with Gasteiger partial charge in [0.15, 0.2) is 0 Å². The first kappa shape index (κ1) is 14.3. The Balaban J connectivity index is 1.65. The van der Waals surface area contributed by atoms with Crippen molar-refractivity contribution in [2.24, 2.45) is 0 Å². The van der Waals surface area contributed by atoms with Gasteiger partial charge in [0.2, 0.25) is 0 Å². The van der Waals surface area contributed by atoms with Gasteiger partial charge in [0.25, 0.3) is 5.91 Å². The highest BCUT2D eigenvalue weighted by Gasteiger charge is 2.09. The highest BCUT2D eigenvalue weighted by Crippen LogP contribution is 2.23. The van der Waals surface area contributed by atoms with E-state index in [1.165, 1.54) is 18.6 Å². The summed E-state index contributed by atoms with van der Waals surface area (Å²) >= 11 is 5.86. The molecule has 0 saturated carbocycles. The zero-order valence-electron chi connectivity index (χ0n) is 11.5.